The van der Waals surface area contributed by atoms with Crippen LogP contribution in [0.15, 0.2) is 54.2 Å². The van der Waals surface area contributed by atoms with Crippen molar-refractivity contribution < 1.29 is 9.53 Å². The number of anilines is 1. The highest BCUT2D eigenvalue weighted by Gasteiger charge is 2.13. The number of halogens is 1. The van der Waals surface area contributed by atoms with E-state index in [0.29, 0.717) is 17.3 Å². The van der Waals surface area contributed by atoms with Crippen molar-refractivity contribution in [3.05, 3.63) is 70.4 Å². The maximum absolute atomic E-state index is 12.3. The molecule has 0 spiro atoms. The van der Waals surface area contributed by atoms with Crippen molar-refractivity contribution in [2.75, 3.05) is 11.9 Å². The molecule has 140 valence electrons. The number of carbonyl (C=O) groups excluding carboxylic acids is 1. The van der Waals surface area contributed by atoms with Crippen LogP contribution in [0.3, 0.4) is 0 Å². The Bertz CT molecular complexity index is 887. The zero-order valence-corrected chi connectivity index (χ0v) is 16.3. The molecule has 0 heterocycles. The first-order chi connectivity index (χ1) is 12.9. The second-order valence-corrected chi connectivity index (χ2v) is 6.43. The Balaban J connectivity index is 2.13. The summed E-state index contributed by atoms with van der Waals surface area (Å²) in [4.78, 5) is 12.3. The van der Waals surface area contributed by atoms with Crippen molar-refractivity contribution in [1.82, 2.24) is 5.32 Å². The topological polar surface area (TPSA) is 74.1 Å². The lowest BCUT2D eigenvalue weighted by Crippen LogP contribution is -2.19. The number of hydrogen-bond donors (Lipinski definition) is 2. The van der Waals surface area contributed by atoms with Gasteiger partial charge in [-0.3, -0.25) is 4.79 Å². The zero-order chi connectivity index (χ0) is 19.8. The number of carbonyl (C=O) groups is 1. The minimum Gasteiger partial charge on any atom is -0.494 e. The zero-order valence-electron chi connectivity index (χ0n) is 15.5. The van der Waals surface area contributed by atoms with Crippen LogP contribution in [0, 0.1) is 18.3 Å². The summed E-state index contributed by atoms with van der Waals surface area (Å²) in [6.45, 7) is 6.43. The van der Waals surface area contributed by atoms with E-state index in [1.165, 1.54) is 6.20 Å². The smallest absolute Gasteiger partial charge is 0.267 e. The third kappa shape index (κ3) is 5.77. The van der Waals surface area contributed by atoms with Crippen LogP contribution in [0.1, 0.15) is 31.0 Å². The number of amides is 1. The van der Waals surface area contributed by atoms with Crippen LogP contribution in [-0.2, 0) is 4.79 Å². The predicted molar refractivity (Wildman–Crippen MR) is 108 cm³/mol. The predicted octanol–water partition coefficient (Wildman–Crippen LogP) is 4.74. The molecule has 0 radical (unpaired) electrons. The van der Waals surface area contributed by atoms with Gasteiger partial charge < -0.3 is 15.4 Å². The van der Waals surface area contributed by atoms with Gasteiger partial charge in [-0.25, -0.2) is 0 Å². The highest BCUT2D eigenvalue weighted by molar-refractivity contribution is 6.31. The van der Waals surface area contributed by atoms with Gasteiger partial charge in [0.05, 0.1) is 12.6 Å². The van der Waals surface area contributed by atoms with Gasteiger partial charge in [0.15, 0.2) is 0 Å². The quantitative estimate of drug-likeness (QED) is 0.534. The summed E-state index contributed by atoms with van der Waals surface area (Å²) < 4.78 is 5.67. The minimum absolute atomic E-state index is 0.0348. The first kappa shape index (κ1) is 20.3. The van der Waals surface area contributed by atoms with Gasteiger partial charge in [-0.15, -0.1) is 0 Å². The Kier molecular flexibility index (Phi) is 7.27. The maximum atomic E-state index is 12.3. The molecule has 0 aliphatic heterocycles. The number of hydrogen-bond acceptors (Lipinski definition) is 4. The van der Waals surface area contributed by atoms with E-state index >= 15 is 0 Å². The maximum Gasteiger partial charge on any atom is 0.267 e. The molecule has 1 unspecified atom stereocenters. The Morgan fingerprint density at radius 3 is 2.78 bits per heavy atom. The second-order valence-electron chi connectivity index (χ2n) is 6.00. The number of nitriles is 1. The van der Waals surface area contributed by atoms with Gasteiger partial charge in [-0.05, 0) is 45.0 Å². The van der Waals surface area contributed by atoms with Gasteiger partial charge in [-0.1, -0.05) is 35.4 Å². The number of ether oxygens (including phenoxy) is 1. The Morgan fingerprint density at radius 2 is 2.11 bits per heavy atom. The molecule has 2 aromatic rings. The summed E-state index contributed by atoms with van der Waals surface area (Å²) in [7, 11) is 0. The molecule has 2 N–H and O–H groups in total. The first-order valence-corrected chi connectivity index (χ1v) is 8.99. The van der Waals surface area contributed by atoms with Crippen LogP contribution in [0.5, 0.6) is 5.75 Å². The van der Waals surface area contributed by atoms with Crippen molar-refractivity contribution in [1.29, 1.82) is 5.26 Å². The van der Waals surface area contributed by atoms with Gasteiger partial charge in [-0.2, -0.15) is 5.26 Å². The SMILES string of the molecule is CCOc1ccc(C)cc1C(C)N/C=C(/C#N)C(=O)Nc1cccc(Cl)c1. The molecule has 0 saturated carbocycles. The molecule has 27 heavy (non-hydrogen) atoms. The average Bonchev–Trinajstić information content (AvgIpc) is 2.63. The Hall–Kier alpha value is -2.97. The molecule has 1 atom stereocenters. The standard InChI is InChI=1S/C21H22ClN3O2/c1-4-27-20-9-8-14(2)10-19(20)15(3)24-13-16(12-23)21(26)25-18-7-5-6-17(22)11-18/h5-11,13,15,24H,4H2,1-3H3,(H,25,26)/b16-13-. The largest absolute Gasteiger partial charge is 0.494 e. The van der Waals surface area contributed by atoms with Crippen molar-refractivity contribution in [3.63, 3.8) is 0 Å². The molecule has 1 amide bonds. The third-order valence-corrected chi connectivity index (χ3v) is 4.09. The van der Waals surface area contributed by atoms with E-state index < -0.39 is 5.91 Å². The molecule has 0 aromatic heterocycles. The molecule has 5 nitrogen and oxygen atoms in total. The Labute approximate surface area is 164 Å². The van der Waals surface area contributed by atoms with E-state index in [-0.39, 0.29) is 11.6 Å². The molecular weight excluding hydrogens is 362 g/mol. The number of benzene rings is 2. The molecular formula is C21H22ClN3O2. The first-order valence-electron chi connectivity index (χ1n) is 8.61. The van der Waals surface area contributed by atoms with E-state index in [1.54, 1.807) is 24.3 Å². The summed E-state index contributed by atoms with van der Waals surface area (Å²) in [5.41, 5.74) is 2.55. The summed E-state index contributed by atoms with van der Waals surface area (Å²) in [5.74, 6) is 0.270. The monoisotopic (exact) mass is 383 g/mol. The highest BCUT2D eigenvalue weighted by Crippen LogP contribution is 2.26. The van der Waals surface area contributed by atoms with E-state index in [0.717, 1.165) is 16.9 Å². The van der Waals surface area contributed by atoms with Gasteiger partial charge in [0.1, 0.15) is 17.4 Å². The minimum atomic E-state index is -0.506. The van der Waals surface area contributed by atoms with Gasteiger partial charge in [0, 0.05) is 22.5 Å². The molecule has 0 aliphatic carbocycles. The van der Waals surface area contributed by atoms with Crippen LogP contribution in [0.2, 0.25) is 5.02 Å². The second kappa shape index (κ2) is 9.65. The van der Waals surface area contributed by atoms with Crippen LogP contribution < -0.4 is 15.4 Å². The molecule has 6 heteroatoms. The van der Waals surface area contributed by atoms with Crippen LogP contribution in [0.4, 0.5) is 5.69 Å². The van der Waals surface area contributed by atoms with Gasteiger partial charge in [0.2, 0.25) is 0 Å². The fraction of sp³-hybridized carbons (Fsp3) is 0.238. The molecule has 0 bridgehead atoms. The van der Waals surface area contributed by atoms with E-state index in [9.17, 15) is 10.1 Å². The molecule has 2 aromatic carbocycles. The fourth-order valence-electron chi connectivity index (χ4n) is 2.50. The van der Waals surface area contributed by atoms with Crippen molar-refractivity contribution >= 4 is 23.2 Å². The fourth-order valence-corrected chi connectivity index (χ4v) is 2.69. The van der Waals surface area contributed by atoms with Crippen molar-refractivity contribution in [3.8, 4) is 11.8 Å². The lowest BCUT2D eigenvalue weighted by atomic mass is 10.0. The summed E-state index contributed by atoms with van der Waals surface area (Å²) in [6, 6.07) is 14.5. The lowest BCUT2D eigenvalue weighted by Gasteiger charge is -2.18. The molecule has 0 aliphatic rings. The van der Waals surface area contributed by atoms with Gasteiger partial charge >= 0.3 is 0 Å². The van der Waals surface area contributed by atoms with Crippen LogP contribution in [0.25, 0.3) is 0 Å². The number of nitrogens with zero attached hydrogens (tertiary/aromatic N) is 1. The van der Waals surface area contributed by atoms with Crippen molar-refractivity contribution in [2.24, 2.45) is 0 Å². The molecule has 0 saturated heterocycles. The number of aryl methyl sites for hydroxylation is 1. The normalized spacial score (nSPS) is 12.0. The van der Waals surface area contributed by atoms with E-state index in [1.807, 2.05) is 45.0 Å². The molecule has 2 rings (SSSR count). The number of nitrogens with one attached hydrogen (secondary N) is 2. The van der Waals surface area contributed by atoms with Gasteiger partial charge in [0.25, 0.3) is 5.91 Å². The highest BCUT2D eigenvalue weighted by atomic mass is 35.5. The number of rotatable bonds is 7. The van der Waals surface area contributed by atoms with Crippen LogP contribution >= 0.6 is 11.6 Å². The third-order valence-electron chi connectivity index (χ3n) is 3.86. The molecule has 0 fully saturated rings. The Morgan fingerprint density at radius 1 is 1.33 bits per heavy atom. The average molecular weight is 384 g/mol. The summed E-state index contributed by atoms with van der Waals surface area (Å²) in [5, 5.41) is 15.6. The van der Waals surface area contributed by atoms with E-state index in [2.05, 4.69) is 10.6 Å². The summed E-state index contributed by atoms with van der Waals surface area (Å²) >= 11 is 5.91. The van der Waals surface area contributed by atoms with Crippen LogP contribution in [-0.4, -0.2) is 12.5 Å². The van der Waals surface area contributed by atoms with E-state index in [4.69, 9.17) is 16.3 Å². The lowest BCUT2D eigenvalue weighted by molar-refractivity contribution is -0.112. The summed E-state index contributed by atoms with van der Waals surface area (Å²) in [6.07, 6.45) is 1.42. The van der Waals surface area contributed by atoms with Crippen molar-refractivity contribution in [2.45, 2.75) is 26.8 Å².